The first-order valence-corrected chi connectivity index (χ1v) is 9.09. The van der Waals surface area contributed by atoms with Gasteiger partial charge in [-0.3, -0.25) is 0 Å². The molecule has 0 saturated carbocycles. The monoisotopic (exact) mass is 452 g/mol. The number of aliphatic imine (C=N–C) groups is 1. The van der Waals surface area contributed by atoms with Gasteiger partial charge in [-0.15, -0.1) is 30.6 Å². The van der Waals surface area contributed by atoms with Crippen molar-refractivity contribution >= 4 is 41.7 Å². The van der Waals surface area contributed by atoms with Gasteiger partial charge in [0, 0.05) is 36.6 Å². The number of nitrogens with zero attached hydrogens (tertiary/aromatic N) is 2. The molecule has 1 heterocycles. The van der Waals surface area contributed by atoms with Crippen LogP contribution in [0.1, 0.15) is 37.8 Å². The highest BCUT2D eigenvalue weighted by Crippen LogP contribution is 2.16. The van der Waals surface area contributed by atoms with Gasteiger partial charge in [0.2, 0.25) is 0 Å². The number of aryl methyl sites for hydroxylation is 2. The Labute approximate surface area is 161 Å². The van der Waals surface area contributed by atoms with Gasteiger partial charge in [-0.1, -0.05) is 25.1 Å². The van der Waals surface area contributed by atoms with E-state index in [1.54, 1.807) is 0 Å². The number of halogens is 1. The molecule has 5 nitrogen and oxygen atoms in total. The molecule has 23 heavy (non-hydrogen) atoms. The molecule has 0 spiro atoms. The van der Waals surface area contributed by atoms with Crippen LogP contribution < -0.4 is 10.6 Å². The van der Waals surface area contributed by atoms with Crippen molar-refractivity contribution in [3.05, 3.63) is 29.7 Å². The van der Waals surface area contributed by atoms with E-state index in [1.165, 1.54) is 0 Å². The number of hydrogen-bond donors (Lipinski definition) is 2. The quantitative estimate of drug-likeness (QED) is 0.187. The lowest BCUT2D eigenvalue weighted by molar-refractivity contribution is 0.380. The maximum absolute atomic E-state index is 5.38. The van der Waals surface area contributed by atoms with E-state index >= 15 is 0 Å². The summed E-state index contributed by atoms with van der Waals surface area (Å²) >= 11 is 1.85. The van der Waals surface area contributed by atoms with Crippen LogP contribution in [0.15, 0.2) is 22.2 Å². The lowest BCUT2D eigenvalue weighted by atomic mass is 10.1. The third-order valence-electron chi connectivity index (χ3n) is 3.12. The first-order chi connectivity index (χ1) is 10.8. The van der Waals surface area contributed by atoms with Gasteiger partial charge >= 0.3 is 0 Å². The van der Waals surface area contributed by atoms with Crippen molar-refractivity contribution < 1.29 is 4.52 Å². The number of aromatic nitrogens is 1. The van der Waals surface area contributed by atoms with E-state index in [4.69, 9.17) is 4.52 Å². The van der Waals surface area contributed by atoms with Crippen LogP contribution in [0.3, 0.4) is 0 Å². The Morgan fingerprint density at radius 3 is 2.70 bits per heavy atom. The fraction of sp³-hybridized carbons (Fsp3) is 0.625. The summed E-state index contributed by atoms with van der Waals surface area (Å²) in [6, 6.07) is 0. The van der Waals surface area contributed by atoms with E-state index in [1.807, 2.05) is 17.8 Å². The second-order valence-corrected chi connectivity index (χ2v) is 5.87. The molecule has 0 aliphatic carbocycles. The predicted octanol–water partition coefficient (Wildman–Crippen LogP) is 3.39. The van der Waals surface area contributed by atoms with Crippen LogP contribution in [0, 0.1) is 0 Å². The summed E-state index contributed by atoms with van der Waals surface area (Å²) in [5.41, 5.74) is 2.14. The predicted molar refractivity (Wildman–Crippen MR) is 111 cm³/mol. The molecule has 0 amide bonds. The second kappa shape index (κ2) is 13.7. The van der Waals surface area contributed by atoms with Crippen LogP contribution in [-0.2, 0) is 19.4 Å². The molecule has 0 aliphatic rings. The lowest BCUT2D eigenvalue weighted by Gasteiger charge is -2.11. The van der Waals surface area contributed by atoms with Crippen molar-refractivity contribution in [2.75, 3.05) is 24.6 Å². The maximum atomic E-state index is 5.38. The lowest BCUT2D eigenvalue weighted by Crippen LogP contribution is -2.38. The normalized spacial score (nSPS) is 11.0. The van der Waals surface area contributed by atoms with Crippen LogP contribution >= 0.6 is 35.7 Å². The summed E-state index contributed by atoms with van der Waals surface area (Å²) in [6.45, 7) is 12.3. The summed E-state index contributed by atoms with van der Waals surface area (Å²) in [6.07, 6.45) is 3.64. The van der Waals surface area contributed by atoms with Crippen molar-refractivity contribution in [2.45, 2.75) is 40.2 Å². The van der Waals surface area contributed by atoms with E-state index < -0.39 is 0 Å². The molecule has 0 bridgehead atoms. The van der Waals surface area contributed by atoms with Gasteiger partial charge in [-0.05, 0) is 13.3 Å². The van der Waals surface area contributed by atoms with Crippen molar-refractivity contribution in [3.8, 4) is 0 Å². The van der Waals surface area contributed by atoms with Crippen LogP contribution in [-0.4, -0.2) is 35.7 Å². The first kappa shape index (κ1) is 22.3. The molecule has 0 fully saturated rings. The van der Waals surface area contributed by atoms with Crippen molar-refractivity contribution in [2.24, 2.45) is 4.99 Å². The zero-order chi connectivity index (χ0) is 16.2. The van der Waals surface area contributed by atoms with Gasteiger partial charge in [-0.25, -0.2) is 4.99 Å². The fourth-order valence-electron chi connectivity index (χ4n) is 2.02. The molecular weight excluding hydrogens is 423 g/mol. The highest BCUT2D eigenvalue weighted by molar-refractivity contribution is 14.0. The Hall–Kier alpha value is -0.700. The zero-order valence-electron chi connectivity index (χ0n) is 14.4. The molecule has 1 aromatic rings. The zero-order valence-corrected chi connectivity index (χ0v) is 17.5. The summed E-state index contributed by atoms with van der Waals surface area (Å²) in [5.74, 6) is 3.80. The standard InChI is InChI=1S/C16H28N4OS.HI/c1-5-10-22-11-9-18-16(17-8-4)19-12-13-14(6-2)20-21-15(13)7-3;/h5H,1,6-12H2,2-4H3,(H2,17,18,19);1H. The van der Waals surface area contributed by atoms with E-state index in [2.05, 4.69) is 48.1 Å². The Kier molecular flexibility index (Phi) is 13.3. The minimum absolute atomic E-state index is 0. The van der Waals surface area contributed by atoms with E-state index in [-0.39, 0.29) is 24.0 Å². The third kappa shape index (κ3) is 8.10. The molecule has 0 atom stereocenters. The molecule has 1 aromatic heterocycles. The molecule has 2 N–H and O–H groups in total. The molecule has 1 rings (SSSR count). The van der Waals surface area contributed by atoms with Gasteiger partial charge in [-0.2, -0.15) is 11.8 Å². The smallest absolute Gasteiger partial charge is 0.191 e. The molecule has 0 aromatic carbocycles. The molecule has 0 aliphatic heterocycles. The average Bonchev–Trinajstić information content (AvgIpc) is 2.94. The number of nitrogens with one attached hydrogen (secondary N) is 2. The summed E-state index contributed by atoms with van der Waals surface area (Å²) in [7, 11) is 0. The van der Waals surface area contributed by atoms with Gasteiger partial charge in [0.25, 0.3) is 0 Å². The van der Waals surface area contributed by atoms with Gasteiger partial charge in [0.15, 0.2) is 5.96 Å². The fourth-order valence-corrected chi connectivity index (χ4v) is 2.60. The molecule has 7 heteroatoms. The molecular formula is C16H29IN4OS. The average molecular weight is 452 g/mol. The number of hydrogen-bond acceptors (Lipinski definition) is 4. The minimum Gasteiger partial charge on any atom is -0.361 e. The number of rotatable bonds is 10. The van der Waals surface area contributed by atoms with Crippen LogP contribution in [0.5, 0.6) is 0 Å². The molecule has 132 valence electrons. The first-order valence-electron chi connectivity index (χ1n) is 7.93. The maximum Gasteiger partial charge on any atom is 0.191 e. The van der Waals surface area contributed by atoms with Crippen molar-refractivity contribution in [1.82, 2.24) is 15.8 Å². The largest absolute Gasteiger partial charge is 0.361 e. The number of thioether (sulfide) groups is 1. The SMILES string of the molecule is C=CCSCCNC(=NCc1c(CC)noc1CC)NCC.I. The van der Waals surface area contributed by atoms with E-state index in [9.17, 15) is 0 Å². The van der Waals surface area contributed by atoms with Gasteiger partial charge < -0.3 is 15.2 Å². The van der Waals surface area contributed by atoms with Crippen molar-refractivity contribution in [3.63, 3.8) is 0 Å². The minimum atomic E-state index is 0. The van der Waals surface area contributed by atoms with Crippen LogP contribution in [0.2, 0.25) is 0 Å². The topological polar surface area (TPSA) is 62.5 Å². The summed E-state index contributed by atoms with van der Waals surface area (Å²) in [5, 5.41) is 10.7. The Bertz CT molecular complexity index is 455. The molecule has 0 saturated heterocycles. The van der Waals surface area contributed by atoms with Crippen LogP contribution in [0.25, 0.3) is 0 Å². The Balaban J connectivity index is 0.00000484. The number of guanidine groups is 1. The van der Waals surface area contributed by atoms with Crippen LogP contribution in [0.4, 0.5) is 0 Å². The Morgan fingerprint density at radius 1 is 1.30 bits per heavy atom. The molecule has 0 radical (unpaired) electrons. The van der Waals surface area contributed by atoms with Gasteiger partial charge in [0.1, 0.15) is 5.76 Å². The second-order valence-electron chi connectivity index (χ2n) is 4.72. The van der Waals surface area contributed by atoms with Gasteiger partial charge in [0.05, 0.1) is 12.2 Å². The third-order valence-corrected chi connectivity index (χ3v) is 4.09. The van der Waals surface area contributed by atoms with Crippen molar-refractivity contribution in [1.29, 1.82) is 0 Å². The van der Waals surface area contributed by atoms with E-state index in [0.717, 1.165) is 60.4 Å². The summed E-state index contributed by atoms with van der Waals surface area (Å²) < 4.78 is 5.38. The Morgan fingerprint density at radius 2 is 2.09 bits per heavy atom. The molecule has 0 unspecified atom stereocenters. The summed E-state index contributed by atoms with van der Waals surface area (Å²) in [4.78, 5) is 4.66. The highest BCUT2D eigenvalue weighted by atomic mass is 127. The highest BCUT2D eigenvalue weighted by Gasteiger charge is 2.12. The van der Waals surface area contributed by atoms with E-state index in [0.29, 0.717) is 6.54 Å².